The highest BCUT2D eigenvalue weighted by molar-refractivity contribution is 5.91. The molecule has 1 aliphatic carbocycles. The lowest BCUT2D eigenvalue weighted by Gasteiger charge is -2.44. The number of aromatic nitrogens is 4. The average Bonchev–Trinajstić information content (AvgIpc) is 3.12. The van der Waals surface area contributed by atoms with Crippen molar-refractivity contribution in [2.24, 2.45) is 0 Å². The predicted octanol–water partition coefficient (Wildman–Crippen LogP) is 2.06. The van der Waals surface area contributed by atoms with Gasteiger partial charge in [0.15, 0.2) is 5.65 Å². The molecular weight excluding hydrogens is 328 g/mol. The van der Waals surface area contributed by atoms with Crippen LogP contribution in [0, 0.1) is 0 Å². The van der Waals surface area contributed by atoms with Gasteiger partial charge in [0.25, 0.3) is 0 Å². The van der Waals surface area contributed by atoms with Crippen molar-refractivity contribution < 1.29 is 4.79 Å². The standard InChI is InChI=1S/C19H20N6O/c26-17-11-24(16-9-5-4-8-15(16)23-17)18-14-10-22-25(19(14)21-12-20-18)13-6-2-1-3-7-13/h1-3,6-7,10,12,15-16H,4-5,8-9,11H2,(H,23,26). The molecule has 2 atom stereocenters. The number of carbonyl (C=O) groups is 1. The van der Waals surface area contributed by atoms with Crippen LogP contribution in [0.1, 0.15) is 25.7 Å². The summed E-state index contributed by atoms with van der Waals surface area (Å²) in [6.07, 6.45) is 7.84. The van der Waals surface area contributed by atoms with E-state index in [1.54, 1.807) is 6.33 Å². The summed E-state index contributed by atoms with van der Waals surface area (Å²) in [5, 5.41) is 8.57. The molecule has 3 aromatic rings. The molecule has 1 saturated carbocycles. The van der Waals surface area contributed by atoms with E-state index < -0.39 is 0 Å². The summed E-state index contributed by atoms with van der Waals surface area (Å²) in [7, 11) is 0. The number of nitrogens with one attached hydrogen (secondary N) is 1. The Morgan fingerprint density at radius 1 is 1.08 bits per heavy atom. The van der Waals surface area contributed by atoms with E-state index in [2.05, 4.69) is 25.3 Å². The van der Waals surface area contributed by atoms with Crippen LogP contribution in [0.15, 0.2) is 42.9 Å². The van der Waals surface area contributed by atoms with Crippen LogP contribution in [0.4, 0.5) is 5.82 Å². The Hall–Kier alpha value is -2.96. The van der Waals surface area contributed by atoms with Gasteiger partial charge in [-0.05, 0) is 25.0 Å². The molecule has 7 nitrogen and oxygen atoms in total. The molecule has 1 aromatic carbocycles. The molecule has 3 heterocycles. The Labute approximate surface area is 151 Å². The smallest absolute Gasteiger partial charge is 0.239 e. The zero-order valence-electron chi connectivity index (χ0n) is 14.4. The van der Waals surface area contributed by atoms with Gasteiger partial charge < -0.3 is 10.2 Å². The zero-order valence-corrected chi connectivity index (χ0v) is 14.4. The normalized spacial score (nSPS) is 22.9. The minimum atomic E-state index is 0.0652. The van der Waals surface area contributed by atoms with Gasteiger partial charge in [-0.25, -0.2) is 14.6 Å². The van der Waals surface area contributed by atoms with E-state index in [1.165, 1.54) is 12.8 Å². The first-order valence-corrected chi connectivity index (χ1v) is 9.11. The third-order valence-electron chi connectivity index (χ3n) is 5.41. The number of amides is 1. The third kappa shape index (κ3) is 2.42. The number of rotatable bonds is 2. The van der Waals surface area contributed by atoms with Crippen LogP contribution in [-0.4, -0.2) is 44.3 Å². The van der Waals surface area contributed by atoms with E-state index in [0.717, 1.165) is 35.4 Å². The number of hydrogen-bond donors (Lipinski definition) is 1. The first-order chi connectivity index (χ1) is 12.8. The van der Waals surface area contributed by atoms with Crippen molar-refractivity contribution in [3.63, 3.8) is 0 Å². The lowest BCUT2D eigenvalue weighted by molar-refractivity contribution is -0.122. The van der Waals surface area contributed by atoms with Gasteiger partial charge in [0.05, 0.1) is 29.9 Å². The fourth-order valence-corrected chi connectivity index (χ4v) is 4.23. The Bertz CT molecular complexity index is 953. The fourth-order valence-electron chi connectivity index (χ4n) is 4.23. The van der Waals surface area contributed by atoms with Crippen molar-refractivity contribution in [1.82, 2.24) is 25.1 Å². The Kier molecular flexibility index (Phi) is 3.58. The number of nitrogens with zero attached hydrogens (tertiary/aromatic N) is 5. The van der Waals surface area contributed by atoms with Crippen molar-refractivity contribution in [1.29, 1.82) is 0 Å². The number of anilines is 1. The monoisotopic (exact) mass is 348 g/mol. The molecule has 2 fully saturated rings. The van der Waals surface area contributed by atoms with E-state index in [0.29, 0.717) is 12.6 Å². The van der Waals surface area contributed by atoms with E-state index in [1.807, 2.05) is 41.2 Å². The average molecular weight is 348 g/mol. The summed E-state index contributed by atoms with van der Waals surface area (Å²) in [6.45, 7) is 0.337. The number of benzene rings is 1. The molecule has 2 aliphatic rings. The third-order valence-corrected chi connectivity index (χ3v) is 5.41. The SMILES string of the molecule is O=C1CN(c2ncnc3c2cnn3-c2ccccc2)C2CCCCC2N1. The molecule has 5 rings (SSSR count). The second-order valence-corrected chi connectivity index (χ2v) is 6.98. The fraction of sp³-hybridized carbons (Fsp3) is 0.368. The highest BCUT2D eigenvalue weighted by atomic mass is 16.2. The number of piperazine rings is 1. The maximum atomic E-state index is 12.2. The molecule has 1 aliphatic heterocycles. The topological polar surface area (TPSA) is 75.9 Å². The van der Waals surface area contributed by atoms with Gasteiger partial charge in [0.2, 0.25) is 5.91 Å². The first-order valence-electron chi connectivity index (χ1n) is 9.11. The second kappa shape index (κ2) is 6.09. The van der Waals surface area contributed by atoms with Crippen molar-refractivity contribution >= 4 is 22.8 Å². The van der Waals surface area contributed by atoms with E-state index in [4.69, 9.17) is 0 Å². The summed E-state index contributed by atoms with van der Waals surface area (Å²) in [4.78, 5) is 23.4. The Morgan fingerprint density at radius 3 is 2.81 bits per heavy atom. The molecule has 1 saturated heterocycles. The summed E-state index contributed by atoms with van der Waals surface area (Å²) < 4.78 is 1.82. The number of hydrogen-bond acceptors (Lipinski definition) is 5. The highest BCUT2D eigenvalue weighted by Gasteiger charge is 2.37. The number of para-hydroxylation sites is 1. The molecule has 2 aromatic heterocycles. The first kappa shape index (κ1) is 15.3. The Balaban J connectivity index is 1.61. The summed E-state index contributed by atoms with van der Waals surface area (Å²) in [6, 6.07) is 10.4. The van der Waals surface area contributed by atoms with Crippen molar-refractivity contribution in [2.45, 2.75) is 37.8 Å². The van der Waals surface area contributed by atoms with Crippen LogP contribution < -0.4 is 10.2 Å². The molecule has 1 amide bonds. The van der Waals surface area contributed by atoms with E-state index in [-0.39, 0.29) is 11.9 Å². The lowest BCUT2D eigenvalue weighted by Crippen LogP contribution is -2.62. The van der Waals surface area contributed by atoms with Gasteiger partial charge in [-0.3, -0.25) is 4.79 Å². The van der Waals surface area contributed by atoms with Crippen LogP contribution in [0.2, 0.25) is 0 Å². The minimum Gasteiger partial charge on any atom is -0.350 e. The van der Waals surface area contributed by atoms with Crippen LogP contribution in [0.3, 0.4) is 0 Å². The van der Waals surface area contributed by atoms with Crippen molar-refractivity contribution in [2.75, 3.05) is 11.4 Å². The van der Waals surface area contributed by atoms with E-state index >= 15 is 0 Å². The van der Waals surface area contributed by atoms with Crippen LogP contribution in [0.5, 0.6) is 0 Å². The molecule has 0 bridgehead atoms. The number of carbonyl (C=O) groups excluding carboxylic acids is 1. The maximum Gasteiger partial charge on any atom is 0.239 e. The molecular formula is C19H20N6O. The molecule has 0 spiro atoms. The van der Waals surface area contributed by atoms with E-state index in [9.17, 15) is 4.79 Å². The van der Waals surface area contributed by atoms with Gasteiger partial charge in [-0.1, -0.05) is 31.0 Å². The van der Waals surface area contributed by atoms with Crippen molar-refractivity contribution in [3.8, 4) is 5.69 Å². The molecule has 0 radical (unpaired) electrons. The number of fused-ring (bicyclic) bond motifs is 2. The zero-order chi connectivity index (χ0) is 17.5. The quantitative estimate of drug-likeness (QED) is 0.767. The molecule has 26 heavy (non-hydrogen) atoms. The second-order valence-electron chi connectivity index (χ2n) is 6.98. The van der Waals surface area contributed by atoms with Crippen LogP contribution in [0.25, 0.3) is 16.7 Å². The molecule has 2 unspecified atom stereocenters. The summed E-state index contributed by atoms with van der Waals surface area (Å²) in [5.74, 6) is 0.874. The summed E-state index contributed by atoms with van der Waals surface area (Å²) in [5.41, 5.74) is 1.72. The van der Waals surface area contributed by atoms with Gasteiger partial charge in [-0.15, -0.1) is 0 Å². The predicted molar refractivity (Wildman–Crippen MR) is 98.2 cm³/mol. The minimum absolute atomic E-state index is 0.0652. The molecule has 1 N–H and O–H groups in total. The maximum absolute atomic E-state index is 12.2. The van der Waals surface area contributed by atoms with Gasteiger partial charge in [-0.2, -0.15) is 5.10 Å². The van der Waals surface area contributed by atoms with Gasteiger partial charge in [0, 0.05) is 6.04 Å². The summed E-state index contributed by atoms with van der Waals surface area (Å²) >= 11 is 0. The van der Waals surface area contributed by atoms with Crippen LogP contribution in [-0.2, 0) is 4.79 Å². The van der Waals surface area contributed by atoms with Crippen LogP contribution >= 0.6 is 0 Å². The van der Waals surface area contributed by atoms with Crippen molar-refractivity contribution in [3.05, 3.63) is 42.9 Å². The van der Waals surface area contributed by atoms with Gasteiger partial charge in [0.1, 0.15) is 12.1 Å². The molecule has 7 heteroatoms. The van der Waals surface area contributed by atoms with Gasteiger partial charge >= 0.3 is 0 Å². The highest BCUT2D eigenvalue weighted by Crippen LogP contribution is 2.32. The molecule has 132 valence electrons. The largest absolute Gasteiger partial charge is 0.350 e. The lowest BCUT2D eigenvalue weighted by atomic mass is 9.87. The Morgan fingerprint density at radius 2 is 1.92 bits per heavy atom.